The van der Waals surface area contributed by atoms with E-state index < -0.39 is 27.4 Å². The van der Waals surface area contributed by atoms with E-state index in [1.54, 1.807) is 18.2 Å². The Hall–Kier alpha value is -3.43. The first-order valence-corrected chi connectivity index (χ1v) is 12.1. The SMILES string of the molecule is CS(=O)(=O)c1ccccc1-c1sc(C(=O)Nc2cccc(F)c2)nc1-c1ccc(F)cc1. The molecular weight excluding hydrogens is 454 g/mol. The van der Waals surface area contributed by atoms with E-state index in [-0.39, 0.29) is 15.6 Å². The maximum Gasteiger partial charge on any atom is 0.284 e. The summed E-state index contributed by atoms with van der Waals surface area (Å²) in [4.78, 5) is 17.8. The number of carbonyl (C=O) groups excluding carboxylic acids is 1. The summed E-state index contributed by atoms with van der Waals surface area (Å²) in [6.07, 6.45) is 1.10. The molecule has 4 rings (SSSR count). The van der Waals surface area contributed by atoms with Crippen LogP contribution in [-0.2, 0) is 9.84 Å². The number of aromatic nitrogens is 1. The molecular formula is C23H16F2N2O3S2. The number of nitrogens with one attached hydrogen (secondary N) is 1. The molecule has 162 valence electrons. The van der Waals surface area contributed by atoms with Crippen LogP contribution in [0.3, 0.4) is 0 Å². The van der Waals surface area contributed by atoms with E-state index in [1.165, 1.54) is 54.6 Å². The highest BCUT2D eigenvalue weighted by atomic mass is 32.2. The molecule has 1 heterocycles. The molecule has 0 saturated carbocycles. The van der Waals surface area contributed by atoms with Gasteiger partial charge in [-0.05, 0) is 48.5 Å². The molecule has 0 unspecified atom stereocenters. The van der Waals surface area contributed by atoms with Crippen molar-refractivity contribution in [1.82, 2.24) is 4.98 Å². The predicted octanol–water partition coefficient (Wildman–Crippen LogP) is 5.41. The molecule has 5 nitrogen and oxygen atoms in total. The van der Waals surface area contributed by atoms with Crippen molar-refractivity contribution in [2.75, 3.05) is 11.6 Å². The first-order chi connectivity index (χ1) is 15.2. The van der Waals surface area contributed by atoms with E-state index >= 15 is 0 Å². The van der Waals surface area contributed by atoms with Crippen molar-refractivity contribution in [2.45, 2.75) is 4.90 Å². The third-order valence-electron chi connectivity index (χ3n) is 4.55. The van der Waals surface area contributed by atoms with Crippen molar-refractivity contribution >= 4 is 32.8 Å². The fraction of sp³-hybridized carbons (Fsp3) is 0.0435. The average Bonchev–Trinajstić information content (AvgIpc) is 3.19. The van der Waals surface area contributed by atoms with Crippen molar-refractivity contribution in [2.24, 2.45) is 0 Å². The number of hydrogen-bond acceptors (Lipinski definition) is 5. The zero-order valence-corrected chi connectivity index (χ0v) is 18.3. The van der Waals surface area contributed by atoms with E-state index in [1.807, 2.05) is 0 Å². The largest absolute Gasteiger partial charge is 0.320 e. The minimum atomic E-state index is -3.57. The summed E-state index contributed by atoms with van der Waals surface area (Å²) in [5, 5.41) is 2.64. The number of halogens is 2. The molecule has 4 aromatic rings. The monoisotopic (exact) mass is 470 g/mol. The number of hydrogen-bond donors (Lipinski definition) is 1. The van der Waals surface area contributed by atoms with E-state index in [9.17, 15) is 22.0 Å². The number of benzene rings is 3. The van der Waals surface area contributed by atoms with Gasteiger partial charge in [0, 0.05) is 23.1 Å². The maximum absolute atomic E-state index is 13.5. The topological polar surface area (TPSA) is 76.1 Å². The van der Waals surface area contributed by atoms with E-state index in [0.717, 1.165) is 17.6 Å². The molecule has 0 aliphatic carbocycles. The van der Waals surface area contributed by atoms with Gasteiger partial charge in [-0.15, -0.1) is 11.3 Å². The highest BCUT2D eigenvalue weighted by Gasteiger charge is 2.23. The van der Waals surface area contributed by atoms with E-state index in [4.69, 9.17) is 0 Å². The van der Waals surface area contributed by atoms with Crippen LogP contribution in [0.15, 0.2) is 77.7 Å². The molecule has 1 N–H and O–H groups in total. The van der Waals surface area contributed by atoms with Gasteiger partial charge in [-0.2, -0.15) is 0 Å². The average molecular weight is 471 g/mol. The van der Waals surface area contributed by atoms with Gasteiger partial charge in [-0.3, -0.25) is 4.79 Å². The van der Waals surface area contributed by atoms with E-state index in [0.29, 0.717) is 21.7 Å². The van der Waals surface area contributed by atoms with Crippen molar-refractivity contribution < 1.29 is 22.0 Å². The molecule has 0 aliphatic rings. The Kier molecular flexibility index (Phi) is 5.86. The lowest BCUT2D eigenvalue weighted by molar-refractivity contribution is 0.102. The molecule has 0 aliphatic heterocycles. The smallest absolute Gasteiger partial charge is 0.284 e. The zero-order chi connectivity index (χ0) is 22.9. The Balaban J connectivity index is 1.85. The van der Waals surface area contributed by atoms with Crippen LogP contribution in [0.2, 0.25) is 0 Å². The highest BCUT2D eigenvalue weighted by molar-refractivity contribution is 7.90. The second kappa shape index (κ2) is 8.60. The number of sulfone groups is 1. The molecule has 9 heteroatoms. The zero-order valence-electron chi connectivity index (χ0n) is 16.7. The second-order valence-corrected chi connectivity index (χ2v) is 9.92. The summed E-state index contributed by atoms with van der Waals surface area (Å²) in [6, 6.07) is 17.4. The molecule has 1 amide bonds. The normalized spacial score (nSPS) is 11.3. The van der Waals surface area contributed by atoms with Gasteiger partial charge in [-0.1, -0.05) is 24.3 Å². The lowest BCUT2D eigenvalue weighted by Gasteiger charge is -2.08. The van der Waals surface area contributed by atoms with Crippen LogP contribution in [0.4, 0.5) is 14.5 Å². The van der Waals surface area contributed by atoms with Gasteiger partial charge in [0.05, 0.1) is 15.5 Å². The fourth-order valence-electron chi connectivity index (χ4n) is 3.13. The quantitative estimate of drug-likeness (QED) is 0.423. The van der Waals surface area contributed by atoms with Gasteiger partial charge in [-0.25, -0.2) is 22.2 Å². The van der Waals surface area contributed by atoms with Gasteiger partial charge in [0.2, 0.25) is 0 Å². The van der Waals surface area contributed by atoms with Gasteiger partial charge in [0.25, 0.3) is 5.91 Å². The highest BCUT2D eigenvalue weighted by Crippen LogP contribution is 2.40. The van der Waals surface area contributed by atoms with Crippen molar-refractivity contribution in [3.63, 3.8) is 0 Å². The number of anilines is 1. The van der Waals surface area contributed by atoms with E-state index in [2.05, 4.69) is 10.3 Å². The minimum absolute atomic E-state index is 0.0480. The molecule has 0 radical (unpaired) electrons. The summed E-state index contributed by atoms with van der Waals surface area (Å²) in [7, 11) is -3.57. The Morgan fingerprint density at radius 3 is 2.34 bits per heavy atom. The summed E-state index contributed by atoms with van der Waals surface area (Å²) in [5.74, 6) is -1.52. The predicted molar refractivity (Wildman–Crippen MR) is 120 cm³/mol. The van der Waals surface area contributed by atoms with Crippen molar-refractivity contribution in [3.8, 4) is 21.7 Å². The lowest BCUT2D eigenvalue weighted by Crippen LogP contribution is -2.11. The molecule has 32 heavy (non-hydrogen) atoms. The number of carbonyl (C=O) groups is 1. The van der Waals surface area contributed by atoms with Crippen LogP contribution in [0, 0.1) is 11.6 Å². The Morgan fingerprint density at radius 1 is 0.938 bits per heavy atom. The van der Waals surface area contributed by atoms with Crippen LogP contribution in [-0.4, -0.2) is 25.6 Å². The minimum Gasteiger partial charge on any atom is -0.320 e. The van der Waals surface area contributed by atoms with Crippen LogP contribution < -0.4 is 5.32 Å². The molecule has 0 bridgehead atoms. The second-order valence-electron chi connectivity index (χ2n) is 6.94. The lowest BCUT2D eigenvalue weighted by atomic mass is 10.1. The van der Waals surface area contributed by atoms with Gasteiger partial charge in [0.1, 0.15) is 11.6 Å². The molecule has 0 saturated heterocycles. The van der Waals surface area contributed by atoms with Crippen LogP contribution in [0.5, 0.6) is 0 Å². The number of rotatable bonds is 5. The first-order valence-electron chi connectivity index (χ1n) is 9.35. The Bertz CT molecular complexity index is 1420. The number of thiazole rings is 1. The summed E-state index contributed by atoms with van der Waals surface area (Å²) in [6.45, 7) is 0. The van der Waals surface area contributed by atoms with Crippen molar-refractivity contribution in [1.29, 1.82) is 0 Å². The third-order valence-corrected chi connectivity index (χ3v) is 6.80. The Labute approximate surface area is 187 Å². The third kappa shape index (κ3) is 4.58. The summed E-state index contributed by atoms with van der Waals surface area (Å²) >= 11 is 0.998. The Morgan fingerprint density at radius 2 is 1.66 bits per heavy atom. The summed E-state index contributed by atoms with van der Waals surface area (Å²) < 4.78 is 51.6. The number of amides is 1. The first kappa shape index (κ1) is 21.8. The number of nitrogens with zero attached hydrogens (tertiary/aromatic N) is 1. The van der Waals surface area contributed by atoms with Crippen LogP contribution in [0.1, 0.15) is 9.80 Å². The summed E-state index contributed by atoms with van der Waals surface area (Å²) in [5.41, 5.74) is 1.50. The van der Waals surface area contributed by atoms with Gasteiger partial charge >= 0.3 is 0 Å². The molecule has 1 aromatic heterocycles. The fourth-order valence-corrected chi connectivity index (χ4v) is 5.11. The van der Waals surface area contributed by atoms with Crippen molar-refractivity contribution in [3.05, 3.63) is 89.4 Å². The molecule has 3 aromatic carbocycles. The maximum atomic E-state index is 13.5. The molecule has 0 atom stereocenters. The van der Waals surface area contributed by atoms with Crippen LogP contribution in [0.25, 0.3) is 21.7 Å². The molecule has 0 spiro atoms. The van der Waals surface area contributed by atoms with Crippen LogP contribution >= 0.6 is 11.3 Å². The standard InChI is InChI=1S/C23H16F2N2O3S2/c1-32(29,30)19-8-3-2-7-18(19)21-20(14-9-11-15(24)12-10-14)27-23(31-21)22(28)26-17-6-4-5-16(25)13-17/h2-13H,1H3,(H,26,28). The molecule has 0 fully saturated rings. The van der Waals surface area contributed by atoms with Gasteiger partial charge < -0.3 is 5.32 Å². The van der Waals surface area contributed by atoms with Gasteiger partial charge in [0.15, 0.2) is 14.8 Å².